The van der Waals surface area contributed by atoms with E-state index in [1.807, 2.05) is 6.92 Å². The second kappa shape index (κ2) is 5.39. The number of phenolic OH excluding ortho intramolecular Hbond substituents is 2. The lowest BCUT2D eigenvalue weighted by Crippen LogP contribution is -2.01. The van der Waals surface area contributed by atoms with E-state index in [9.17, 15) is 15.0 Å². The molecular weight excluding hydrogens is 220 g/mol. The quantitative estimate of drug-likeness (QED) is 0.622. The number of hydrogen-bond donors (Lipinski definition) is 2. The molecule has 17 heavy (non-hydrogen) atoms. The minimum Gasteiger partial charge on any atom is -0.507 e. The molecule has 92 valence electrons. The fraction of sp³-hybridized carbons (Fsp3) is 0.308. The lowest BCUT2D eigenvalue weighted by molar-refractivity contribution is 0.101. The number of ketones is 1. The van der Waals surface area contributed by atoms with Crippen molar-refractivity contribution in [2.75, 3.05) is 7.11 Å². The molecule has 0 radical (unpaired) electrons. The Hall–Kier alpha value is -1.97. The van der Waals surface area contributed by atoms with E-state index in [1.54, 1.807) is 12.2 Å². The molecule has 1 rings (SSSR count). The molecule has 2 N–H and O–H groups in total. The van der Waals surface area contributed by atoms with Gasteiger partial charge in [-0.25, -0.2) is 0 Å². The summed E-state index contributed by atoms with van der Waals surface area (Å²) in [7, 11) is 1.38. The van der Waals surface area contributed by atoms with Gasteiger partial charge in [0.05, 0.1) is 7.11 Å². The Kier molecular flexibility index (Phi) is 4.15. The van der Waals surface area contributed by atoms with Crippen LogP contribution in [0.1, 0.15) is 29.8 Å². The minimum atomic E-state index is -0.305. The van der Waals surface area contributed by atoms with Crippen molar-refractivity contribution < 1.29 is 19.7 Å². The van der Waals surface area contributed by atoms with Crippen LogP contribution in [0.25, 0.3) is 0 Å². The van der Waals surface area contributed by atoms with Crippen molar-refractivity contribution in [1.82, 2.24) is 0 Å². The van der Waals surface area contributed by atoms with Crippen LogP contribution in [0.2, 0.25) is 0 Å². The normalized spacial score (nSPS) is 10.8. The van der Waals surface area contributed by atoms with Gasteiger partial charge in [-0.3, -0.25) is 4.79 Å². The van der Waals surface area contributed by atoms with E-state index in [4.69, 9.17) is 4.74 Å². The Bertz CT molecular complexity index is 461. The zero-order chi connectivity index (χ0) is 13.0. The molecule has 0 atom stereocenters. The second-order valence-corrected chi connectivity index (χ2v) is 3.63. The summed E-state index contributed by atoms with van der Waals surface area (Å²) in [6.07, 6.45) is 3.94. The maximum absolute atomic E-state index is 11.4. The van der Waals surface area contributed by atoms with E-state index in [0.29, 0.717) is 12.0 Å². The van der Waals surface area contributed by atoms with E-state index in [0.717, 1.165) is 0 Å². The first-order chi connectivity index (χ1) is 8.02. The highest BCUT2D eigenvalue weighted by atomic mass is 16.5. The van der Waals surface area contributed by atoms with Crippen LogP contribution in [0.5, 0.6) is 17.2 Å². The summed E-state index contributed by atoms with van der Waals surface area (Å²) in [5.41, 5.74) is 0.430. The monoisotopic (exact) mass is 236 g/mol. The van der Waals surface area contributed by atoms with Crippen molar-refractivity contribution in [2.45, 2.75) is 20.3 Å². The summed E-state index contributed by atoms with van der Waals surface area (Å²) in [4.78, 5) is 11.4. The van der Waals surface area contributed by atoms with Gasteiger partial charge in [0.15, 0.2) is 5.78 Å². The molecule has 0 heterocycles. The summed E-state index contributed by atoms with van der Waals surface area (Å²) in [6, 6.07) is 1.34. The van der Waals surface area contributed by atoms with Crippen LogP contribution in [0, 0.1) is 0 Å². The Balaban J connectivity index is 3.42. The number of hydrogen-bond acceptors (Lipinski definition) is 4. The smallest absolute Gasteiger partial charge is 0.167 e. The van der Waals surface area contributed by atoms with Crippen LogP contribution in [0.3, 0.4) is 0 Å². The predicted molar refractivity (Wildman–Crippen MR) is 64.8 cm³/mol. The van der Waals surface area contributed by atoms with Crippen molar-refractivity contribution in [1.29, 1.82) is 0 Å². The number of methoxy groups -OCH3 is 1. The molecule has 1 aromatic carbocycles. The van der Waals surface area contributed by atoms with Crippen LogP contribution in [0.15, 0.2) is 18.2 Å². The number of phenols is 2. The van der Waals surface area contributed by atoms with Gasteiger partial charge in [0, 0.05) is 11.6 Å². The minimum absolute atomic E-state index is 0.0811. The Morgan fingerprint density at radius 2 is 2.12 bits per heavy atom. The molecule has 0 aliphatic rings. The molecule has 4 nitrogen and oxygen atoms in total. The SMILES string of the molecule is C/C=C/Cc1c(O)cc(OC)c(C(C)=O)c1O. The van der Waals surface area contributed by atoms with Gasteiger partial charge in [-0.1, -0.05) is 12.2 Å². The van der Waals surface area contributed by atoms with Crippen molar-refractivity contribution in [3.05, 3.63) is 29.3 Å². The summed E-state index contributed by atoms with van der Waals surface area (Å²) in [5, 5.41) is 19.7. The maximum Gasteiger partial charge on any atom is 0.167 e. The van der Waals surface area contributed by atoms with Gasteiger partial charge in [-0.15, -0.1) is 0 Å². The molecule has 0 fully saturated rings. The van der Waals surface area contributed by atoms with Gasteiger partial charge in [0.25, 0.3) is 0 Å². The van der Waals surface area contributed by atoms with Crippen LogP contribution in [-0.2, 0) is 6.42 Å². The van der Waals surface area contributed by atoms with E-state index in [1.165, 1.54) is 20.1 Å². The number of ether oxygens (including phenoxy) is 1. The summed E-state index contributed by atoms with van der Waals surface area (Å²) >= 11 is 0. The predicted octanol–water partition coefficient (Wildman–Crippen LogP) is 2.43. The lowest BCUT2D eigenvalue weighted by Gasteiger charge is -2.13. The van der Waals surface area contributed by atoms with Crippen LogP contribution >= 0.6 is 0 Å². The van der Waals surface area contributed by atoms with Gasteiger partial charge in [-0.2, -0.15) is 0 Å². The Labute approximate surface area is 100 Å². The number of rotatable bonds is 4. The molecule has 0 spiro atoms. The number of carbonyl (C=O) groups is 1. The van der Waals surface area contributed by atoms with Gasteiger partial charge >= 0.3 is 0 Å². The summed E-state index contributed by atoms with van der Waals surface area (Å²) < 4.78 is 4.97. The van der Waals surface area contributed by atoms with E-state index < -0.39 is 0 Å². The number of carbonyl (C=O) groups excluding carboxylic acids is 1. The highest BCUT2D eigenvalue weighted by Crippen LogP contribution is 2.38. The van der Waals surface area contributed by atoms with Crippen molar-refractivity contribution in [3.8, 4) is 17.2 Å². The molecular formula is C13H16O4. The van der Waals surface area contributed by atoms with Gasteiger partial charge < -0.3 is 14.9 Å². The summed E-state index contributed by atoms with van der Waals surface area (Å²) in [5.74, 6) is -0.423. The lowest BCUT2D eigenvalue weighted by atomic mass is 10.0. The number of aromatic hydroxyl groups is 2. The first-order valence-corrected chi connectivity index (χ1v) is 5.26. The fourth-order valence-corrected chi connectivity index (χ4v) is 1.61. The standard InChI is InChI=1S/C13H16O4/c1-4-5-6-9-10(15)7-11(17-3)12(8(2)14)13(9)16/h4-5,7,15-16H,6H2,1-3H3/b5-4+. The largest absolute Gasteiger partial charge is 0.507 e. The van der Waals surface area contributed by atoms with Gasteiger partial charge in [0.1, 0.15) is 22.8 Å². The van der Waals surface area contributed by atoms with E-state index in [-0.39, 0.29) is 28.6 Å². The Morgan fingerprint density at radius 1 is 1.47 bits per heavy atom. The molecule has 4 heteroatoms. The van der Waals surface area contributed by atoms with E-state index >= 15 is 0 Å². The summed E-state index contributed by atoms with van der Waals surface area (Å²) in [6.45, 7) is 3.18. The van der Waals surface area contributed by atoms with Crippen LogP contribution in [-0.4, -0.2) is 23.1 Å². The first-order valence-electron chi connectivity index (χ1n) is 5.26. The zero-order valence-electron chi connectivity index (χ0n) is 10.2. The number of Topliss-reactive ketones (excluding diaryl/α,β-unsaturated/α-hetero) is 1. The van der Waals surface area contributed by atoms with Crippen molar-refractivity contribution >= 4 is 5.78 Å². The average Bonchev–Trinajstić information content (AvgIpc) is 2.27. The van der Waals surface area contributed by atoms with Crippen molar-refractivity contribution in [3.63, 3.8) is 0 Å². The second-order valence-electron chi connectivity index (χ2n) is 3.63. The topological polar surface area (TPSA) is 66.8 Å². The van der Waals surface area contributed by atoms with Crippen molar-refractivity contribution in [2.24, 2.45) is 0 Å². The van der Waals surface area contributed by atoms with E-state index in [2.05, 4.69) is 0 Å². The first kappa shape index (κ1) is 13.1. The molecule has 0 amide bonds. The third-order valence-corrected chi connectivity index (χ3v) is 2.48. The molecule has 0 bridgehead atoms. The highest BCUT2D eigenvalue weighted by Gasteiger charge is 2.20. The fourth-order valence-electron chi connectivity index (χ4n) is 1.61. The Morgan fingerprint density at radius 3 is 2.59 bits per heavy atom. The van der Waals surface area contributed by atoms with Gasteiger partial charge in [0.2, 0.25) is 0 Å². The maximum atomic E-state index is 11.4. The molecule has 0 aromatic heterocycles. The molecule has 0 unspecified atom stereocenters. The van der Waals surface area contributed by atoms with Gasteiger partial charge in [-0.05, 0) is 20.3 Å². The molecule has 0 saturated carbocycles. The highest BCUT2D eigenvalue weighted by molar-refractivity contribution is 6.00. The van der Waals surface area contributed by atoms with Crippen LogP contribution < -0.4 is 4.74 Å². The average molecular weight is 236 g/mol. The molecule has 0 aliphatic heterocycles. The molecule has 1 aromatic rings. The molecule has 0 saturated heterocycles. The number of benzene rings is 1. The molecule has 0 aliphatic carbocycles. The van der Waals surface area contributed by atoms with Crippen LogP contribution in [0.4, 0.5) is 0 Å². The number of allylic oxidation sites excluding steroid dienone is 2. The third-order valence-electron chi connectivity index (χ3n) is 2.48. The zero-order valence-corrected chi connectivity index (χ0v) is 10.2. The third kappa shape index (κ3) is 2.58.